The van der Waals surface area contributed by atoms with Gasteiger partial charge in [-0.15, -0.1) is 12.4 Å². The third-order valence-electron chi connectivity index (χ3n) is 3.75. The zero-order chi connectivity index (χ0) is 12.5. The van der Waals surface area contributed by atoms with Gasteiger partial charge in [0.1, 0.15) is 0 Å². The predicted octanol–water partition coefficient (Wildman–Crippen LogP) is 2.74. The molecule has 0 aromatic carbocycles. The molecule has 1 amide bonds. The summed E-state index contributed by atoms with van der Waals surface area (Å²) in [6, 6.07) is 0. The van der Waals surface area contributed by atoms with E-state index in [4.69, 9.17) is 0 Å². The number of nitrogens with one attached hydrogen (secondary N) is 2. The van der Waals surface area contributed by atoms with Gasteiger partial charge in [-0.3, -0.25) is 4.79 Å². The summed E-state index contributed by atoms with van der Waals surface area (Å²) in [4.78, 5) is 11.8. The molecule has 0 aliphatic heterocycles. The van der Waals surface area contributed by atoms with E-state index < -0.39 is 0 Å². The van der Waals surface area contributed by atoms with E-state index in [2.05, 4.69) is 10.6 Å². The lowest BCUT2D eigenvalue weighted by Crippen LogP contribution is -2.37. The van der Waals surface area contributed by atoms with E-state index in [0.29, 0.717) is 5.92 Å². The van der Waals surface area contributed by atoms with E-state index >= 15 is 0 Å². The van der Waals surface area contributed by atoms with Crippen LogP contribution < -0.4 is 10.6 Å². The van der Waals surface area contributed by atoms with Gasteiger partial charge in [-0.25, -0.2) is 0 Å². The summed E-state index contributed by atoms with van der Waals surface area (Å²) in [7, 11) is 1.89. The Morgan fingerprint density at radius 1 is 1.17 bits per heavy atom. The third kappa shape index (κ3) is 7.22. The van der Waals surface area contributed by atoms with Gasteiger partial charge in [0.05, 0.1) is 0 Å². The molecular weight excluding hydrogens is 248 g/mol. The fourth-order valence-electron chi connectivity index (χ4n) is 2.56. The minimum Gasteiger partial charge on any atom is -0.356 e. The van der Waals surface area contributed by atoms with Crippen molar-refractivity contribution >= 4 is 18.3 Å². The molecule has 0 heterocycles. The van der Waals surface area contributed by atoms with Crippen molar-refractivity contribution in [2.24, 2.45) is 11.8 Å². The van der Waals surface area contributed by atoms with Gasteiger partial charge < -0.3 is 10.6 Å². The van der Waals surface area contributed by atoms with Gasteiger partial charge in [-0.2, -0.15) is 0 Å². The van der Waals surface area contributed by atoms with E-state index in [1.54, 1.807) is 0 Å². The molecule has 0 bridgehead atoms. The average molecular weight is 277 g/mol. The molecule has 1 aliphatic carbocycles. The second-order valence-electron chi connectivity index (χ2n) is 5.42. The second-order valence-corrected chi connectivity index (χ2v) is 5.42. The van der Waals surface area contributed by atoms with Gasteiger partial charge >= 0.3 is 0 Å². The van der Waals surface area contributed by atoms with E-state index in [-0.39, 0.29) is 24.2 Å². The van der Waals surface area contributed by atoms with Crippen LogP contribution in [0.2, 0.25) is 0 Å². The molecule has 0 aromatic heterocycles. The number of amides is 1. The first-order valence-corrected chi connectivity index (χ1v) is 7.16. The lowest BCUT2D eigenvalue weighted by molar-refractivity contribution is -0.124. The summed E-state index contributed by atoms with van der Waals surface area (Å²) in [5.41, 5.74) is 0. The molecule has 1 rings (SSSR count). The first-order chi connectivity index (χ1) is 8.24. The second kappa shape index (κ2) is 10.6. The van der Waals surface area contributed by atoms with Crippen LogP contribution in [0.25, 0.3) is 0 Å². The maximum absolute atomic E-state index is 11.8. The van der Waals surface area contributed by atoms with Crippen LogP contribution >= 0.6 is 12.4 Å². The van der Waals surface area contributed by atoms with Crippen molar-refractivity contribution in [1.29, 1.82) is 0 Å². The van der Waals surface area contributed by atoms with E-state index in [0.717, 1.165) is 13.1 Å². The Balaban J connectivity index is 0.00000289. The van der Waals surface area contributed by atoms with Crippen molar-refractivity contribution in [1.82, 2.24) is 10.6 Å². The Hall–Kier alpha value is -0.280. The molecular formula is C14H29ClN2O. The van der Waals surface area contributed by atoms with Crippen molar-refractivity contribution < 1.29 is 4.79 Å². The van der Waals surface area contributed by atoms with Gasteiger partial charge in [0.15, 0.2) is 0 Å². The van der Waals surface area contributed by atoms with E-state index in [1.165, 1.54) is 44.9 Å². The van der Waals surface area contributed by atoms with Gasteiger partial charge in [0.25, 0.3) is 0 Å². The largest absolute Gasteiger partial charge is 0.356 e. The smallest absolute Gasteiger partial charge is 0.224 e. The Labute approximate surface area is 118 Å². The molecule has 18 heavy (non-hydrogen) atoms. The maximum atomic E-state index is 11.8. The topological polar surface area (TPSA) is 41.1 Å². The fourth-order valence-corrected chi connectivity index (χ4v) is 2.56. The summed E-state index contributed by atoms with van der Waals surface area (Å²) in [5, 5.41) is 6.15. The molecule has 0 saturated heterocycles. The van der Waals surface area contributed by atoms with Crippen molar-refractivity contribution in [3.05, 3.63) is 0 Å². The fraction of sp³-hybridized carbons (Fsp3) is 0.929. The van der Waals surface area contributed by atoms with Crippen LogP contribution in [0.15, 0.2) is 0 Å². The van der Waals surface area contributed by atoms with Gasteiger partial charge in [-0.1, -0.05) is 39.0 Å². The van der Waals surface area contributed by atoms with Gasteiger partial charge in [0, 0.05) is 19.0 Å². The normalized spacial score (nSPS) is 19.2. The van der Waals surface area contributed by atoms with E-state index in [9.17, 15) is 4.79 Å². The highest BCUT2D eigenvalue weighted by atomic mass is 35.5. The minimum absolute atomic E-state index is 0. The SMILES string of the molecule is CNCC(C)C(=O)NCC1CCCCCCC1.Cl. The Kier molecular flexibility index (Phi) is 10.5. The van der Waals surface area contributed by atoms with Crippen LogP contribution in [-0.2, 0) is 4.79 Å². The third-order valence-corrected chi connectivity index (χ3v) is 3.75. The molecule has 1 aliphatic rings. The number of carbonyl (C=O) groups excluding carboxylic acids is 1. The molecule has 2 N–H and O–H groups in total. The summed E-state index contributed by atoms with van der Waals surface area (Å²) < 4.78 is 0. The number of halogens is 1. The predicted molar refractivity (Wildman–Crippen MR) is 79.2 cm³/mol. The molecule has 0 spiro atoms. The summed E-state index contributed by atoms with van der Waals surface area (Å²) >= 11 is 0. The van der Waals surface area contributed by atoms with Crippen LogP contribution in [0.3, 0.4) is 0 Å². The molecule has 3 nitrogen and oxygen atoms in total. The quantitative estimate of drug-likeness (QED) is 0.811. The van der Waals surface area contributed by atoms with Crippen molar-refractivity contribution in [2.75, 3.05) is 20.1 Å². The average Bonchev–Trinajstić information content (AvgIpc) is 2.27. The first-order valence-electron chi connectivity index (χ1n) is 7.16. The molecule has 1 saturated carbocycles. The summed E-state index contributed by atoms with van der Waals surface area (Å²) in [5.74, 6) is 0.982. The maximum Gasteiger partial charge on any atom is 0.224 e. The lowest BCUT2D eigenvalue weighted by atomic mass is 9.91. The van der Waals surface area contributed by atoms with Crippen LogP contribution in [0.4, 0.5) is 0 Å². The van der Waals surface area contributed by atoms with E-state index in [1.807, 2.05) is 14.0 Å². The Bertz CT molecular complexity index is 216. The summed E-state index contributed by atoms with van der Waals surface area (Å²) in [6.07, 6.45) is 9.42. The molecule has 4 heteroatoms. The molecule has 1 unspecified atom stereocenters. The first kappa shape index (κ1) is 17.7. The minimum atomic E-state index is 0. The Morgan fingerprint density at radius 2 is 1.72 bits per heavy atom. The molecule has 0 aromatic rings. The van der Waals surface area contributed by atoms with Crippen LogP contribution in [0.5, 0.6) is 0 Å². The van der Waals surface area contributed by atoms with Crippen molar-refractivity contribution in [3.8, 4) is 0 Å². The van der Waals surface area contributed by atoms with Crippen molar-refractivity contribution in [2.45, 2.75) is 51.9 Å². The zero-order valence-electron chi connectivity index (χ0n) is 11.8. The molecule has 1 fully saturated rings. The van der Waals surface area contributed by atoms with Gasteiger partial charge in [0.2, 0.25) is 5.91 Å². The standard InChI is InChI=1S/C14H28N2O.ClH/c1-12(10-15-2)14(17)16-11-13-8-6-4-3-5-7-9-13;/h12-13,15H,3-11H2,1-2H3,(H,16,17);1H. The van der Waals surface area contributed by atoms with Gasteiger partial charge in [-0.05, 0) is 25.8 Å². The van der Waals surface area contributed by atoms with Crippen molar-refractivity contribution in [3.63, 3.8) is 0 Å². The highest BCUT2D eigenvalue weighted by molar-refractivity contribution is 5.85. The highest BCUT2D eigenvalue weighted by Gasteiger charge is 2.15. The number of carbonyl (C=O) groups is 1. The lowest BCUT2D eigenvalue weighted by Gasteiger charge is -2.21. The number of rotatable bonds is 5. The number of hydrogen-bond donors (Lipinski definition) is 2. The monoisotopic (exact) mass is 276 g/mol. The van der Waals surface area contributed by atoms with Crippen LogP contribution in [-0.4, -0.2) is 26.0 Å². The highest BCUT2D eigenvalue weighted by Crippen LogP contribution is 2.21. The Morgan fingerprint density at radius 3 is 2.28 bits per heavy atom. The zero-order valence-corrected chi connectivity index (χ0v) is 12.7. The number of hydrogen-bond acceptors (Lipinski definition) is 2. The molecule has 108 valence electrons. The van der Waals surface area contributed by atoms with Crippen LogP contribution in [0, 0.1) is 11.8 Å². The van der Waals surface area contributed by atoms with Crippen LogP contribution in [0.1, 0.15) is 51.9 Å². The molecule has 0 radical (unpaired) electrons. The molecule has 1 atom stereocenters. The summed E-state index contributed by atoms with van der Waals surface area (Å²) in [6.45, 7) is 3.62.